The normalized spacial score (nSPS) is 11.8. The van der Waals surface area contributed by atoms with Crippen LogP contribution in [0.3, 0.4) is 0 Å². The highest BCUT2D eigenvalue weighted by Crippen LogP contribution is 2.47. The number of hydrogen-bond acceptors (Lipinski definition) is 5. The average molecular weight is 367 g/mol. The second-order valence-electron chi connectivity index (χ2n) is 4.03. The Hall–Kier alpha value is -0.910. The van der Waals surface area contributed by atoms with Crippen LogP contribution in [0.2, 0.25) is 10.0 Å². The predicted octanol–water partition coefficient (Wildman–Crippen LogP) is 3.71. The molecule has 0 bridgehead atoms. The summed E-state index contributed by atoms with van der Waals surface area (Å²) in [6.07, 6.45) is 0.900. The molecule has 0 fully saturated rings. The largest absolute Gasteiger partial charge is 0.340 e. The van der Waals surface area contributed by atoms with E-state index in [0.717, 1.165) is 0 Å². The zero-order valence-electron chi connectivity index (χ0n) is 12.2. The fraction of sp³-hybridized carbons (Fsp3) is 0.385. The molecule has 1 rings (SSSR count). The van der Waals surface area contributed by atoms with Gasteiger partial charge >= 0.3 is 7.60 Å². The van der Waals surface area contributed by atoms with Gasteiger partial charge in [0.2, 0.25) is 0 Å². The summed E-state index contributed by atoms with van der Waals surface area (Å²) >= 11 is 11.9. The van der Waals surface area contributed by atoms with Crippen molar-refractivity contribution in [2.75, 3.05) is 19.4 Å². The maximum Gasteiger partial charge on any atom is 0.340 e. The Bertz CT molecular complexity index is 565. The molecule has 122 valence electrons. The first-order chi connectivity index (χ1) is 10.4. The summed E-state index contributed by atoms with van der Waals surface area (Å²) in [5, 5.41) is 4.55. The van der Waals surface area contributed by atoms with E-state index in [2.05, 4.69) is 10.5 Å². The van der Waals surface area contributed by atoms with Gasteiger partial charge in [-0.3, -0.25) is 9.36 Å². The molecule has 0 aliphatic rings. The molecule has 1 aromatic carbocycles. The molecule has 1 N–H and O–H groups in total. The molecule has 0 atom stereocenters. The Labute approximate surface area is 139 Å². The molecule has 0 aromatic heterocycles. The van der Waals surface area contributed by atoms with E-state index in [4.69, 9.17) is 32.2 Å². The maximum absolute atomic E-state index is 12.2. The van der Waals surface area contributed by atoms with Crippen LogP contribution in [0.25, 0.3) is 0 Å². The lowest BCUT2D eigenvalue weighted by Crippen LogP contribution is -2.22. The number of amides is 1. The number of hydrogen-bond donors (Lipinski definition) is 1. The Morgan fingerprint density at radius 3 is 2.32 bits per heavy atom. The van der Waals surface area contributed by atoms with Crippen molar-refractivity contribution in [1.82, 2.24) is 5.43 Å². The molecule has 0 spiro atoms. The van der Waals surface area contributed by atoms with Crippen molar-refractivity contribution in [2.45, 2.75) is 13.8 Å². The summed E-state index contributed by atoms with van der Waals surface area (Å²) in [6, 6.07) is 4.99. The summed E-state index contributed by atoms with van der Waals surface area (Å²) < 4.78 is 22.2. The minimum absolute atomic E-state index is 0.184. The number of hydrazone groups is 1. The SMILES string of the molecule is CCOP(=O)(CC(=O)N/N=C/c1c(Cl)cccc1Cl)OCC. The third-order valence-corrected chi connectivity index (χ3v) is 5.01. The molecule has 0 heterocycles. The maximum atomic E-state index is 12.2. The lowest BCUT2D eigenvalue weighted by atomic mass is 10.2. The Kier molecular flexibility index (Phi) is 8.07. The Morgan fingerprint density at radius 2 is 1.82 bits per heavy atom. The monoisotopic (exact) mass is 366 g/mol. The number of nitrogens with zero attached hydrogens (tertiary/aromatic N) is 1. The second-order valence-corrected chi connectivity index (χ2v) is 6.90. The Balaban J connectivity index is 2.66. The van der Waals surface area contributed by atoms with Crippen LogP contribution in [0.4, 0.5) is 0 Å². The van der Waals surface area contributed by atoms with Crippen molar-refractivity contribution in [3.63, 3.8) is 0 Å². The molecule has 1 amide bonds. The van der Waals surface area contributed by atoms with Crippen LogP contribution in [-0.2, 0) is 18.4 Å². The molecule has 1 aromatic rings. The van der Waals surface area contributed by atoms with Gasteiger partial charge in [-0.25, -0.2) is 5.43 Å². The van der Waals surface area contributed by atoms with Gasteiger partial charge in [0.1, 0.15) is 6.16 Å². The summed E-state index contributed by atoms with van der Waals surface area (Å²) in [4.78, 5) is 11.7. The summed E-state index contributed by atoms with van der Waals surface area (Å²) in [6.45, 7) is 3.70. The highest BCUT2D eigenvalue weighted by molar-refractivity contribution is 7.54. The zero-order chi connectivity index (χ0) is 16.6. The number of benzene rings is 1. The third-order valence-electron chi connectivity index (χ3n) is 2.37. The number of carbonyl (C=O) groups excluding carboxylic acids is 1. The van der Waals surface area contributed by atoms with Gasteiger partial charge in [-0.15, -0.1) is 0 Å². The Morgan fingerprint density at radius 1 is 1.27 bits per heavy atom. The summed E-state index contributed by atoms with van der Waals surface area (Å²) in [7, 11) is -3.44. The van der Waals surface area contributed by atoms with E-state index in [9.17, 15) is 9.36 Å². The van der Waals surface area contributed by atoms with Crippen LogP contribution in [-0.4, -0.2) is 31.5 Å². The summed E-state index contributed by atoms with van der Waals surface area (Å²) in [5.74, 6) is -0.593. The van der Waals surface area contributed by atoms with Crippen LogP contribution in [0, 0.1) is 0 Å². The van der Waals surface area contributed by atoms with Crippen molar-refractivity contribution in [2.24, 2.45) is 5.10 Å². The molecule has 0 aliphatic heterocycles. The van der Waals surface area contributed by atoms with Gasteiger partial charge in [-0.05, 0) is 26.0 Å². The first-order valence-electron chi connectivity index (χ1n) is 6.56. The first-order valence-corrected chi connectivity index (χ1v) is 9.04. The quantitative estimate of drug-likeness (QED) is 0.432. The number of nitrogens with one attached hydrogen (secondary N) is 1. The van der Waals surface area contributed by atoms with Gasteiger partial charge in [-0.1, -0.05) is 29.3 Å². The second kappa shape index (κ2) is 9.28. The third kappa shape index (κ3) is 6.07. The zero-order valence-corrected chi connectivity index (χ0v) is 14.6. The van der Waals surface area contributed by atoms with Gasteiger partial charge in [0.05, 0.1) is 29.5 Å². The number of carbonyl (C=O) groups is 1. The fourth-order valence-electron chi connectivity index (χ4n) is 1.54. The van der Waals surface area contributed by atoms with Crippen LogP contribution < -0.4 is 5.43 Å². The fourth-order valence-corrected chi connectivity index (χ4v) is 3.50. The number of rotatable bonds is 8. The van der Waals surface area contributed by atoms with Crippen LogP contribution in [0.15, 0.2) is 23.3 Å². The lowest BCUT2D eigenvalue weighted by molar-refractivity contribution is -0.118. The molecule has 0 saturated heterocycles. The van der Waals surface area contributed by atoms with E-state index in [1.54, 1.807) is 32.0 Å². The van der Waals surface area contributed by atoms with Gasteiger partial charge in [-0.2, -0.15) is 5.10 Å². The van der Waals surface area contributed by atoms with Crippen LogP contribution in [0.1, 0.15) is 19.4 Å². The topological polar surface area (TPSA) is 77.0 Å². The van der Waals surface area contributed by atoms with E-state index >= 15 is 0 Å². The van der Waals surface area contributed by atoms with E-state index in [0.29, 0.717) is 15.6 Å². The molecule has 0 unspecified atom stereocenters. The molecule has 0 saturated carbocycles. The molecule has 6 nitrogen and oxygen atoms in total. The molecule has 9 heteroatoms. The molecule has 22 heavy (non-hydrogen) atoms. The minimum Gasteiger partial charge on any atom is -0.309 e. The van der Waals surface area contributed by atoms with E-state index in [1.165, 1.54) is 6.21 Å². The van der Waals surface area contributed by atoms with Crippen molar-refractivity contribution >= 4 is 42.9 Å². The highest BCUT2D eigenvalue weighted by Gasteiger charge is 2.27. The van der Waals surface area contributed by atoms with Crippen LogP contribution >= 0.6 is 30.8 Å². The van der Waals surface area contributed by atoms with Crippen molar-refractivity contribution in [1.29, 1.82) is 0 Å². The van der Waals surface area contributed by atoms with E-state index < -0.39 is 19.7 Å². The van der Waals surface area contributed by atoms with Gasteiger partial charge in [0.25, 0.3) is 5.91 Å². The average Bonchev–Trinajstić information content (AvgIpc) is 2.42. The van der Waals surface area contributed by atoms with Crippen LogP contribution in [0.5, 0.6) is 0 Å². The first kappa shape index (κ1) is 19.1. The molecular formula is C13H17Cl2N2O4P. The highest BCUT2D eigenvalue weighted by atomic mass is 35.5. The summed E-state index contributed by atoms with van der Waals surface area (Å²) in [5.41, 5.74) is 2.71. The smallest absolute Gasteiger partial charge is 0.309 e. The lowest BCUT2D eigenvalue weighted by Gasteiger charge is -2.15. The van der Waals surface area contributed by atoms with Gasteiger partial charge in [0, 0.05) is 5.56 Å². The van der Waals surface area contributed by atoms with Crippen molar-refractivity contribution < 1.29 is 18.4 Å². The molecule has 0 radical (unpaired) electrons. The van der Waals surface area contributed by atoms with Crippen molar-refractivity contribution in [3.05, 3.63) is 33.8 Å². The van der Waals surface area contributed by atoms with E-state index in [1.807, 2.05) is 0 Å². The molecular weight excluding hydrogens is 350 g/mol. The molecule has 0 aliphatic carbocycles. The van der Waals surface area contributed by atoms with E-state index in [-0.39, 0.29) is 13.2 Å². The predicted molar refractivity (Wildman–Crippen MR) is 87.9 cm³/mol. The minimum atomic E-state index is -3.44. The van der Waals surface area contributed by atoms with Gasteiger partial charge in [0.15, 0.2) is 0 Å². The van der Waals surface area contributed by atoms with Gasteiger partial charge < -0.3 is 9.05 Å². The number of halogens is 2. The van der Waals surface area contributed by atoms with Crippen molar-refractivity contribution in [3.8, 4) is 0 Å². The standard InChI is InChI=1S/C13H17Cl2N2O4P/c1-3-20-22(19,21-4-2)9-13(18)17-16-8-10-11(14)6-5-7-12(10)15/h5-8H,3-4,9H2,1-2H3,(H,17,18)/b16-8+.